The Bertz CT molecular complexity index is 470. The smallest absolute Gasteiger partial charge is 0.292 e. The second kappa shape index (κ2) is 6.67. The van der Waals surface area contributed by atoms with E-state index in [1.807, 2.05) is 24.0 Å². The Labute approximate surface area is 118 Å². The van der Waals surface area contributed by atoms with Crippen LogP contribution in [0.3, 0.4) is 0 Å². The van der Waals surface area contributed by atoms with Crippen molar-refractivity contribution in [2.45, 2.75) is 25.9 Å². The van der Waals surface area contributed by atoms with Gasteiger partial charge in [0, 0.05) is 19.2 Å². The number of anilines is 1. The molecule has 0 unspecified atom stereocenters. The summed E-state index contributed by atoms with van der Waals surface area (Å²) in [7, 11) is 0. The number of hydrogen-bond acceptors (Lipinski definition) is 5. The molecule has 0 bridgehead atoms. The first-order valence-corrected chi connectivity index (χ1v) is 6.84. The van der Waals surface area contributed by atoms with Gasteiger partial charge in [0.2, 0.25) is 0 Å². The van der Waals surface area contributed by atoms with Gasteiger partial charge in [0.15, 0.2) is 0 Å². The van der Waals surface area contributed by atoms with Crippen LogP contribution >= 0.6 is 0 Å². The molecule has 1 N–H and O–H groups in total. The van der Waals surface area contributed by atoms with E-state index in [-0.39, 0.29) is 23.3 Å². The van der Waals surface area contributed by atoms with Crippen molar-refractivity contribution in [1.82, 2.24) is 0 Å². The van der Waals surface area contributed by atoms with E-state index >= 15 is 0 Å². The first kappa shape index (κ1) is 14.7. The Balaban J connectivity index is 2.05. The highest BCUT2D eigenvalue weighted by Gasteiger charge is 2.25. The average molecular weight is 280 g/mol. The summed E-state index contributed by atoms with van der Waals surface area (Å²) in [6.45, 7) is 3.71. The third-order valence-corrected chi connectivity index (χ3v) is 3.56. The van der Waals surface area contributed by atoms with Crippen LogP contribution in [0.4, 0.5) is 11.4 Å². The van der Waals surface area contributed by atoms with Crippen LogP contribution in [-0.2, 0) is 4.74 Å². The Morgan fingerprint density at radius 1 is 1.45 bits per heavy atom. The number of benzene rings is 1. The fourth-order valence-corrected chi connectivity index (χ4v) is 2.53. The standard InChI is InChI=1S/C14H20N2O4/c1-11-2-3-13(14(10-11)16(18)19)15-6-4-12(5-7-15)20-9-8-17/h2-3,10,12,17H,4-9H2,1H3. The van der Waals surface area contributed by atoms with Crippen LogP contribution in [0.5, 0.6) is 0 Å². The maximum atomic E-state index is 11.1. The van der Waals surface area contributed by atoms with Crippen LogP contribution in [0.2, 0.25) is 0 Å². The topological polar surface area (TPSA) is 75.8 Å². The molecule has 0 amide bonds. The molecule has 1 aliphatic rings. The summed E-state index contributed by atoms with van der Waals surface area (Å²) in [6, 6.07) is 5.34. The first-order valence-electron chi connectivity index (χ1n) is 6.84. The third-order valence-electron chi connectivity index (χ3n) is 3.56. The predicted molar refractivity (Wildman–Crippen MR) is 76.1 cm³/mol. The van der Waals surface area contributed by atoms with E-state index in [2.05, 4.69) is 0 Å². The minimum Gasteiger partial charge on any atom is -0.394 e. The van der Waals surface area contributed by atoms with Gasteiger partial charge < -0.3 is 14.7 Å². The lowest BCUT2D eigenvalue weighted by Crippen LogP contribution is -2.37. The summed E-state index contributed by atoms with van der Waals surface area (Å²) in [4.78, 5) is 12.9. The molecule has 0 saturated carbocycles. The molecule has 1 saturated heterocycles. The van der Waals surface area contributed by atoms with Gasteiger partial charge in [-0.3, -0.25) is 10.1 Å². The molecule has 1 heterocycles. The van der Waals surface area contributed by atoms with Gasteiger partial charge in [-0.15, -0.1) is 0 Å². The summed E-state index contributed by atoms with van der Waals surface area (Å²) in [5.41, 5.74) is 1.74. The Hall–Kier alpha value is -1.66. The van der Waals surface area contributed by atoms with Crippen LogP contribution < -0.4 is 4.90 Å². The van der Waals surface area contributed by atoms with Crippen molar-refractivity contribution in [1.29, 1.82) is 0 Å². The summed E-state index contributed by atoms with van der Waals surface area (Å²) in [5, 5.41) is 19.9. The van der Waals surface area contributed by atoms with Crippen LogP contribution in [-0.4, -0.2) is 42.4 Å². The summed E-state index contributed by atoms with van der Waals surface area (Å²) >= 11 is 0. The zero-order valence-corrected chi connectivity index (χ0v) is 11.6. The van der Waals surface area contributed by atoms with Gasteiger partial charge in [-0.2, -0.15) is 0 Å². The van der Waals surface area contributed by atoms with Crippen molar-refractivity contribution in [3.63, 3.8) is 0 Å². The van der Waals surface area contributed by atoms with Crippen LogP contribution in [0.1, 0.15) is 18.4 Å². The number of nitrogens with zero attached hydrogens (tertiary/aromatic N) is 2. The van der Waals surface area contributed by atoms with Crippen LogP contribution in [0.25, 0.3) is 0 Å². The Morgan fingerprint density at radius 3 is 2.75 bits per heavy atom. The molecular weight excluding hydrogens is 260 g/mol. The number of piperidine rings is 1. The van der Waals surface area contributed by atoms with Gasteiger partial charge in [-0.05, 0) is 31.4 Å². The van der Waals surface area contributed by atoms with Crippen molar-refractivity contribution < 1.29 is 14.8 Å². The lowest BCUT2D eigenvalue weighted by atomic mass is 10.1. The molecule has 2 rings (SSSR count). The highest BCUT2D eigenvalue weighted by atomic mass is 16.6. The number of aliphatic hydroxyl groups is 1. The molecule has 20 heavy (non-hydrogen) atoms. The molecular formula is C14H20N2O4. The zero-order valence-electron chi connectivity index (χ0n) is 11.6. The quantitative estimate of drug-likeness (QED) is 0.658. The van der Waals surface area contributed by atoms with Gasteiger partial charge >= 0.3 is 0 Å². The van der Waals surface area contributed by atoms with Gasteiger partial charge in [0.1, 0.15) is 5.69 Å². The van der Waals surface area contributed by atoms with Gasteiger partial charge in [0.25, 0.3) is 5.69 Å². The molecule has 0 aromatic heterocycles. The fraction of sp³-hybridized carbons (Fsp3) is 0.571. The van der Waals surface area contributed by atoms with Crippen molar-refractivity contribution in [2.24, 2.45) is 0 Å². The highest BCUT2D eigenvalue weighted by molar-refractivity contribution is 5.64. The number of rotatable bonds is 5. The molecule has 1 aliphatic heterocycles. The highest BCUT2D eigenvalue weighted by Crippen LogP contribution is 2.31. The molecule has 0 atom stereocenters. The minimum absolute atomic E-state index is 0.0314. The molecule has 6 heteroatoms. The lowest BCUT2D eigenvalue weighted by Gasteiger charge is -2.33. The molecule has 1 fully saturated rings. The first-order chi connectivity index (χ1) is 9.61. The third kappa shape index (κ3) is 3.46. The van der Waals surface area contributed by atoms with E-state index in [0.29, 0.717) is 12.3 Å². The second-order valence-electron chi connectivity index (χ2n) is 5.03. The molecule has 1 aromatic carbocycles. The number of aliphatic hydroxyl groups excluding tert-OH is 1. The van der Waals surface area contributed by atoms with Gasteiger partial charge in [-0.1, -0.05) is 6.07 Å². The molecule has 0 radical (unpaired) electrons. The largest absolute Gasteiger partial charge is 0.394 e. The van der Waals surface area contributed by atoms with Crippen LogP contribution in [0, 0.1) is 17.0 Å². The molecule has 110 valence electrons. The van der Waals surface area contributed by atoms with Gasteiger partial charge in [0.05, 0.1) is 24.2 Å². The van der Waals surface area contributed by atoms with E-state index in [9.17, 15) is 10.1 Å². The van der Waals surface area contributed by atoms with Crippen molar-refractivity contribution in [3.8, 4) is 0 Å². The molecule has 1 aromatic rings. The van der Waals surface area contributed by atoms with E-state index in [1.165, 1.54) is 0 Å². The lowest BCUT2D eigenvalue weighted by molar-refractivity contribution is -0.384. The summed E-state index contributed by atoms with van der Waals surface area (Å²) in [5.74, 6) is 0. The maximum absolute atomic E-state index is 11.1. The van der Waals surface area contributed by atoms with E-state index in [1.54, 1.807) is 6.07 Å². The fourth-order valence-electron chi connectivity index (χ4n) is 2.53. The van der Waals surface area contributed by atoms with E-state index in [4.69, 9.17) is 9.84 Å². The number of nitro groups is 1. The second-order valence-corrected chi connectivity index (χ2v) is 5.03. The van der Waals surface area contributed by atoms with Crippen molar-refractivity contribution >= 4 is 11.4 Å². The normalized spacial score (nSPS) is 16.4. The monoisotopic (exact) mass is 280 g/mol. The SMILES string of the molecule is Cc1ccc(N2CCC(OCCO)CC2)c([N+](=O)[O-])c1. The van der Waals surface area contributed by atoms with Crippen LogP contribution in [0.15, 0.2) is 18.2 Å². The Kier molecular flexibility index (Phi) is 4.92. The zero-order chi connectivity index (χ0) is 14.5. The molecule has 6 nitrogen and oxygen atoms in total. The minimum atomic E-state index is -0.323. The van der Waals surface area contributed by atoms with E-state index in [0.717, 1.165) is 31.5 Å². The van der Waals surface area contributed by atoms with Gasteiger partial charge in [-0.25, -0.2) is 0 Å². The number of hydrogen-bond donors (Lipinski definition) is 1. The summed E-state index contributed by atoms with van der Waals surface area (Å²) in [6.07, 6.45) is 1.79. The Morgan fingerprint density at radius 2 is 2.15 bits per heavy atom. The summed E-state index contributed by atoms with van der Waals surface area (Å²) < 4.78 is 5.50. The van der Waals surface area contributed by atoms with Crippen molar-refractivity contribution in [3.05, 3.63) is 33.9 Å². The van der Waals surface area contributed by atoms with Crippen molar-refractivity contribution in [2.75, 3.05) is 31.2 Å². The predicted octanol–water partition coefficient (Wildman–Crippen LogP) is 1.88. The number of nitro benzene ring substituents is 1. The number of aryl methyl sites for hydroxylation is 1. The van der Waals surface area contributed by atoms with E-state index < -0.39 is 0 Å². The maximum Gasteiger partial charge on any atom is 0.292 e. The average Bonchev–Trinajstić information content (AvgIpc) is 2.45. The molecule has 0 aliphatic carbocycles. The number of ether oxygens (including phenoxy) is 1. The molecule has 0 spiro atoms.